The van der Waals surface area contributed by atoms with Gasteiger partial charge in [-0.3, -0.25) is 4.98 Å². The van der Waals surface area contributed by atoms with Crippen molar-refractivity contribution in [2.75, 3.05) is 0 Å². The Kier molecular flexibility index (Phi) is 5.11. The standard InChI is InChI=1S/C13H13N2.HI/c1-15-11-5-3-7-13(15)9-8-12-6-2-4-10-14-12;/h2-11H,1H3;1H/q+1;/p-1. The fourth-order valence-corrected chi connectivity index (χ4v) is 1.36. The quantitative estimate of drug-likeness (QED) is 0.516. The summed E-state index contributed by atoms with van der Waals surface area (Å²) in [6, 6.07) is 12.0. The molecule has 0 aliphatic carbocycles. The summed E-state index contributed by atoms with van der Waals surface area (Å²) < 4.78 is 2.07. The van der Waals surface area contributed by atoms with Crippen LogP contribution in [0, 0.1) is 0 Å². The van der Waals surface area contributed by atoms with Crippen LogP contribution in [0.15, 0.2) is 48.8 Å². The zero-order chi connectivity index (χ0) is 10.5. The van der Waals surface area contributed by atoms with E-state index in [2.05, 4.69) is 21.7 Å². The normalized spacial score (nSPS) is 10.1. The third kappa shape index (κ3) is 3.41. The van der Waals surface area contributed by atoms with Crippen molar-refractivity contribution in [3.05, 3.63) is 60.2 Å². The van der Waals surface area contributed by atoms with E-state index in [9.17, 15) is 0 Å². The first kappa shape index (κ1) is 12.8. The average Bonchev–Trinajstić information content (AvgIpc) is 2.29. The van der Waals surface area contributed by atoms with Crippen molar-refractivity contribution in [3.8, 4) is 0 Å². The van der Waals surface area contributed by atoms with Gasteiger partial charge in [0.25, 0.3) is 0 Å². The van der Waals surface area contributed by atoms with Crippen LogP contribution in [0.2, 0.25) is 0 Å². The monoisotopic (exact) mass is 324 g/mol. The molecule has 2 heterocycles. The van der Waals surface area contributed by atoms with Crippen LogP contribution in [-0.2, 0) is 7.05 Å². The molecule has 2 aromatic rings. The molecule has 2 nitrogen and oxygen atoms in total. The van der Waals surface area contributed by atoms with Gasteiger partial charge < -0.3 is 24.0 Å². The lowest BCUT2D eigenvalue weighted by molar-refractivity contribution is -0.673. The Labute approximate surface area is 113 Å². The zero-order valence-electron chi connectivity index (χ0n) is 9.05. The Bertz CT molecular complexity index is 466. The Hall–Kier alpha value is -1.23. The molecule has 0 aromatic carbocycles. The smallest absolute Gasteiger partial charge is 0.204 e. The highest BCUT2D eigenvalue weighted by Crippen LogP contribution is 2.01. The van der Waals surface area contributed by atoms with E-state index in [1.165, 1.54) is 0 Å². The lowest BCUT2D eigenvalue weighted by Gasteiger charge is -1.92. The Balaban J connectivity index is 0.00000128. The number of hydrogen-bond donors (Lipinski definition) is 0. The first-order valence-electron chi connectivity index (χ1n) is 4.90. The second-order valence-electron chi connectivity index (χ2n) is 3.32. The van der Waals surface area contributed by atoms with Crippen LogP contribution in [0.1, 0.15) is 11.4 Å². The van der Waals surface area contributed by atoms with Gasteiger partial charge in [0.15, 0.2) is 6.20 Å². The molecule has 0 saturated carbocycles. The molecule has 0 N–H and O–H groups in total. The minimum Gasteiger partial charge on any atom is -1.00 e. The van der Waals surface area contributed by atoms with Crippen LogP contribution in [-0.4, -0.2) is 4.98 Å². The van der Waals surface area contributed by atoms with Crippen LogP contribution in [0.25, 0.3) is 12.2 Å². The molecule has 82 valence electrons. The van der Waals surface area contributed by atoms with Gasteiger partial charge in [-0.15, -0.1) is 0 Å². The van der Waals surface area contributed by atoms with E-state index in [4.69, 9.17) is 0 Å². The van der Waals surface area contributed by atoms with Crippen LogP contribution >= 0.6 is 0 Å². The van der Waals surface area contributed by atoms with Crippen LogP contribution in [0.3, 0.4) is 0 Å². The number of hydrogen-bond acceptors (Lipinski definition) is 1. The number of aromatic nitrogens is 2. The lowest BCUT2D eigenvalue weighted by atomic mass is 10.2. The molecule has 0 saturated heterocycles. The first-order valence-corrected chi connectivity index (χ1v) is 4.90. The van der Waals surface area contributed by atoms with Gasteiger partial charge >= 0.3 is 0 Å². The highest BCUT2D eigenvalue weighted by atomic mass is 127. The van der Waals surface area contributed by atoms with E-state index in [1.807, 2.05) is 49.7 Å². The number of halogens is 1. The van der Waals surface area contributed by atoms with Gasteiger partial charge in [0.1, 0.15) is 7.05 Å². The van der Waals surface area contributed by atoms with E-state index >= 15 is 0 Å². The molecule has 0 radical (unpaired) electrons. The summed E-state index contributed by atoms with van der Waals surface area (Å²) in [6.07, 6.45) is 7.89. The fourth-order valence-electron chi connectivity index (χ4n) is 1.36. The predicted molar refractivity (Wildman–Crippen MR) is 60.8 cm³/mol. The molecule has 0 unspecified atom stereocenters. The van der Waals surface area contributed by atoms with E-state index < -0.39 is 0 Å². The van der Waals surface area contributed by atoms with E-state index in [0.717, 1.165) is 11.4 Å². The maximum Gasteiger partial charge on any atom is 0.204 e. The van der Waals surface area contributed by atoms with E-state index in [-0.39, 0.29) is 24.0 Å². The first-order chi connectivity index (χ1) is 7.36. The summed E-state index contributed by atoms with van der Waals surface area (Å²) in [5.74, 6) is 0. The summed E-state index contributed by atoms with van der Waals surface area (Å²) in [7, 11) is 2.03. The van der Waals surface area contributed by atoms with Crippen molar-refractivity contribution in [3.63, 3.8) is 0 Å². The third-order valence-electron chi connectivity index (χ3n) is 2.21. The molecule has 2 aromatic heterocycles. The van der Waals surface area contributed by atoms with Gasteiger partial charge in [-0.2, -0.15) is 0 Å². The molecule has 0 aliphatic heterocycles. The minimum absolute atomic E-state index is 0. The minimum atomic E-state index is 0. The summed E-state index contributed by atoms with van der Waals surface area (Å²) in [6.45, 7) is 0. The molecule has 3 heteroatoms. The third-order valence-corrected chi connectivity index (χ3v) is 2.21. The Morgan fingerprint density at radius 1 is 1.06 bits per heavy atom. The Morgan fingerprint density at radius 2 is 1.88 bits per heavy atom. The maximum absolute atomic E-state index is 4.23. The molecular formula is C13H13IN2. The summed E-state index contributed by atoms with van der Waals surface area (Å²) >= 11 is 0. The average molecular weight is 324 g/mol. The lowest BCUT2D eigenvalue weighted by Crippen LogP contribution is -3.00. The molecule has 0 fully saturated rings. The van der Waals surface area contributed by atoms with Gasteiger partial charge in [-0.25, -0.2) is 4.57 Å². The van der Waals surface area contributed by atoms with Crippen molar-refractivity contribution >= 4 is 12.2 Å². The predicted octanol–water partition coefficient (Wildman–Crippen LogP) is -0.919. The second-order valence-corrected chi connectivity index (χ2v) is 3.32. The number of pyridine rings is 2. The van der Waals surface area contributed by atoms with Gasteiger partial charge in [0.05, 0.1) is 5.69 Å². The molecule has 0 aliphatic rings. The van der Waals surface area contributed by atoms with Crippen molar-refractivity contribution in [1.82, 2.24) is 4.98 Å². The molecule has 2 rings (SSSR count). The zero-order valence-corrected chi connectivity index (χ0v) is 11.2. The van der Waals surface area contributed by atoms with Gasteiger partial charge in [0, 0.05) is 24.4 Å². The van der Waals surface area contributed by atoms with Gasteiger partial charge in [-0.1, -0.05) is 6.07 Å². The van der Waals surface area contributed by atoms with Crippen LogP contribution in [0.5, 0.6) is 0 Å². The number of rotatable bonds is 2. The Morgan fingerprint density at radius 3 is 2.56 bits per heavy atom. The summed E-state index contributed by atoms with van der Waals surface area (Å²) in [5.41, 5.74) is 2.13. The molecule has 0 spiro atoms. The van der Waals surface area contributed by atoms with Crippen LogP contribution in [0.4, 0.5) is 0 Å². The highest BCUT2D eigenvalue weighted by Gasteiger charge is 1.98. The molecular weight excluding hydrogens is 311 g/mol. The largest absolute Gasteiger partial charge is 1.00 e. The summed E-state index contributed by atoms with van der Waals surface area (Å²) in [5, 5.41) is 0. The van der Waals surface area contributed by atoms with E-state index in [1.54, 1.807) is 6.20 Å². The fraction of sp³-hybridized carbons (Fsp3) is 0.0769. The maximum atomic E-state index is 4.23. The van der Waals surface area contributed by atoms with Crippen LogP contribution < -0.4 is 28.5 Å². The van der Waals surface area contributed by atoms with Crippen molar-refractivity contribution < 1.29 is 28.5 Å². The topological polar surface area (TPSA) is 16.8 Å². The summed E-state index contributed by atoms with van der Waals surface area (Å²) in [4.78, 5) is 4.23. The molecule has 0 amide bonds. The van der Waals surface area contributed by atoms with Gasteiger partial charge in [0.2, 0.25) is 5.69 Å². The number of nitrogens with zero attached hydrogens (tertiary/aromatic N) is 2. The number of aryl methyl sites for hydroxylation is 1. The molecule has 16 heavy (non-hydrogen) atoms. The van der Waals surface area contributed by atoms with Gasteiger partial charge in [-0.05, 0) is 24.3 Å². The molecule has 0 atom stereocenters. The second kappa shape index (κ2) is 6.37. The molecule has 0 bridgehead atoms. The van der Waals surface area contributed by atoms with Crippen molar-refractivity contribution in [2.45, 2.75) is 0 Å². The highest BCUT2D eigenvalue weighted by molar-refractivity contribution is 5.64. The van der Waals surface area contributed by atoms with Crippen molar-refractivity contribution in [1.29, 1.82) is 0 Å². The van der Waals surface area contributed by atoms with E-state index in [0.29, 0.717) is 0 Å². The van der Waals surface area contributed by atoms with Crippen molar-refractivity contribution in [2.24, 2.45) is 7.05 Å². The SMILES string of the molecule is C[n+]1ccccc1C=Cc1ccccn1.[I-].